The number of rotatable bonds is 7. The molecule has 0 saturated carbocycles. The fraction of sp³-hybridized carbons (Fsp3) is 0.261. The maximum Gasteiger partial charge on any atom is 0.274 e. The largest absolute Gasteiger partial charge is 0.497 e. The molecule has 10 nitrogen and oxygen atoms in total. The second-order valence-corrected chi connectivity index (χ2v) is 7.82. The van der Waals surface area contributed by atoms with Crippen LogP contribution in [0.25, 0.3) is 0 Å². The maximum atomic E-state index is 13.2. The van der Waals surface area contributed by atoms with E-state index in [2.05, 4.69) is 4.98 Å². The number of nitro benzene ring substituents is 1. The van der Waals surface area contributed by atoms with Gasteiger partial charge in [0.1, 0.15) is 11.8 Å². The van der Waals surface area contributed by atoms with Crippen molar-refractivity contribution >= 4 is 17.5 Å². The zero-order valence-electron chi connectivity index (χ0n) is 18.0. The molecule has 0 saturated heterocycles. The van der Waals surface area contributed by atoms with Crippen LogP contribution in [0.5, 0.6) is 5.75 Å². The molecule has 0 spiro atoms. The molecule has 0 radical (unpaired) electrons. The van der Waals surface area contributed by atoms with Crippen molar-refractivity contribution in [1.29, 1.82) is 0 Å². The summed E-state index contributed by atoms with van der Waals surface area (Å²) in [5.41, 5.74) is 8.28. The van der Waals surface area contributed by atoms with Gasteiger partial charge in [-0.15, -0.1) is 0 Å². The minimum atomic E-state index is -0.815. The van der Waals surface area contributed by atoms with Crippen molar-refractivity contribution in [2.24, 2.45) is 5.73 Å². The predicted molar refractivity (Wildman–Crippen MR) is 118 cm³/mol. The Morgan fingerprint density at radius 2 is 2.03 bits per heavy atom. The summed E-state index contributed by atoms with van der Waals surface area (Å²) in [6, 6.07) is 12.8. The van der Waals surface area contributed by atoms with Crippen molar-refractivity contribution in [2.45, 2.75) is 32.0 Å². The van der Waals surface area contributed by atoms with Gasteiger partial charge in [-0.3, -0.25) is 19.7 Å². The molecule has 1 atom stereocenters. The summed E-state index contributed by atoms with van der Waals surface area (Å²) in [5, 5.41) is 11.4. The van der Waals surface area contributed by atoms with Crippen molar-refractivity contribution in [3.8, 4) is 5.75 Å². The van der Waals surface area contributed by atoms with E-state index in [1.54, 1.807) is 54.4 Å². The Balaban J connectivity index is 1.61. The van der Waals surface area contributed by atoms with Crippen LogP contribution in [0.1, 0.15) is 22.5 Å². The van der Waals surface area contributed by atoms with Crippen LogP contribution in [-0.2, 0) is 35.5 Å². The molecule has 1 aromatic heterocycles. The second kappa shape index (κ2) is 9.11. The third kappa shape index (κ3) is 4.54. The predicted octanol–water partition coefficient (Wildman–Crippen LogP) is 1.83. The third-order valence-corrected chi connectivity index (χ3v) is 5.78. The smallest absolute Gasteiger partial charge is 0.274 e. The van der Waals surface area contributed by atoms with E-state index in [1.165, 1.54) is 11.0 Å². The maximum absolute atomic E-state index is 13.2. The SMILES string of the molecule is COc1cccc(CC(=O)N2Cc3c(ncn3Cc3ccccc3[N+](=O)[O-])CC2C(N)=O)c1. The Labute approximate surface area is 189 Å². The van der Waals surface area contributed by atoms with Gasteiger partial charge >= 0.3 is 0 Å². The molecule has 10 heteroatoms. The van der Waals surface area contributed by atoms with Gasteiger partial charge in [0, 0.05) is 18.1 Å². The molecule has 33 heavy (non-hydrogen) atoms. The zero-order chi connectivity index (χ0) is 23.5. The number of hydrogen-bond donors (Lipinski definition) is 1. The molecule has 1 aliphatic rings. The lowest BCUT2D eigenvalue weighted by atomic mass is 10.00. The summed E-state index contributed by atoms with van der Waals surface area (Å²) >= 11 is 0. The molecule has 2 N–H and O–H groups in total. The Bertz CT molecular complexity index is 1220. The Morgan fingerprint density at radius 1 is 1.24 bits per heavy atom. The van der Waals surface area contributed by atoms with Crippen LogP contribution in [0.4, 0.5) is 5.69 Å². The molecule has 0 bridgehead atoms. The number of imidazole rings is 1. The average molecular weight is 449 g/mol. The summed E-state index contributed by atoms with van der Waals surface area (Å²) in [5.74, 6) is -0.223. The van der Waals surface area contributed by atoms with Gasteiger partial charge in [0.2, 0.25) is 11.8 Å². The lowest BCUT2D eigenvalue weighted by Crippen LogP contribution is -2.52. The van der Waals surface area contributed by atoms with Crippen molar-refractivity contribution in [2.75, 3.05) is 7.11 Å². The minimum absolute atomic E-state index is 0.0109. The Hall–Kier alpha value is -4.21. The highest BCUT2D eigenvalue weighted by atomic mass is 16.6. The van der Waals surface area contributed by atoms with Gasteiger partial charge in [0.15, 0.2) is 0 Å². The Morgan fingerprint density at radius 3 is 2.76 bits per heavy atom. The number of nitro groups is 1. The molecule has 4 rings (SSSR count). The van der Waals surface area contributed by atoms with Gasteiger partial charge in [-0.2, -0.15) is 0 Å². The zero-order valence-corrected chi connectivity index (χ0v) is 18.0. The monoisotopic (exact) mass is 449 g/mol. The number of carbonyl (C=O) groups excluding carboxylic acids is 2. The fourth-order valence-electron chi connectivity index (χ4n) is 4.08. The van der Waals surface area contributed by atoms with Crippen LogP contribution in [0, 0.1) is 10.1 Å². The number of nitrogens with zero attached hydrogens (tertiary/aromatic N) is 4. The number of benzene rings is 2. The normalized spacial score (nSPS) is 15.1. The van der Waals surface area contributed by atoms with Crippen molar-refractivity contribution in [3.05, 3.63) is 87.5 Å². The molecule has 0 fully saturated rings. The molecule has 2 amide bonds. The lowest BCUT2D eigenvalue weighted by Gasteiger charge is -2.34. The minimum Gasteiger partial charge on any atom is -0.497 e. The topological polar surface area (TPSA) is 134 Å². The van der Waals surface area contributed by atoms with Gasteiger partial charge in [-0.05, 0) is 17.7 Å². The van der Waals surface area contributed by atoms with E-state index in [4.69, 9.17) is 10.5 Å². The summed E-state index contributed by atoms with van der Waals surface area (Å²) < 4.78 is 7.00. The first-order valence-corrected chi connectivity index (χ1v) is 10.3. The van der Waals surface area contributed by atoms with Crippen LogP contribution in [0.15, 0.2) is 54.9 Å². The van der Waals surface area contributed by atoms with E-state index < -0.39 is 16.9 Å². The summed E-state index contributed by atoms with van der Waals surface area (Å²) in [6.07, 6.45) is 1.85. The van der Waals surface area contributed by atoms with Crippen LogP contribution in [0.3, 0.4) is 0 Å². The molecule has 2 heterocycles. The second-order valence-electron chi connectivity index (χ2n) is 7.82. The number of hydrogen-bond acceptors (Lipinski definition) is 6. The van der Waals surface area contributed by atoms with Crippen molar-refractivity contribution in [3.63, 3.8) is 0 Å². The number of amides is 2. The number of carbonyl (C=O) groups is 2. The number of ether oxygens (including phenoxy) is 1. The third-order valence-electron chi connectivity index (χ3n) is 5.78. The highest BCUT2D eigenvalue weighted by Gasteiger charge is 2.36. The molecule has 1 aliphatic heterocycles. The van der Waals surface area contributed by atoms with Crippen molar-refractivity contribution < 1.29 is 19.2 Å². The number of methoxy groups -OCH3 is 1. The molecule has 0 aliphatic carbocycles. The van der Waals surface area contributed by atoms with Crippen LogP contribution in [-0.4, -0.2) is 44.3 Å². The fourth-order valence-corrected chi connectivity index (χ4v) is 4.08. The Kier molecular flexibility index (Phi) is 6.07. The van der Waals surface area contributed by atoms with E-state index in [9.17, 15) is 19.7 Å². The highest BCUT2D eigenvalue weighted by Crippen LogP contribution is 2.26. The van der Waals surface area contributed by atoms with Crippen LogP contribution in [0.2, 0.25) is 0 Å². The van der Waals surface area contributed by atoms with Crippen LogP contribution >= 0.6 is 0 Å². The summed E-state index contributed by atoms with van der Waals surface area (Å²) in [7, 11) is 1.55. The van der Waals surface area contributed by atoms with Gasteiger partial charge in [-0.25, -0.2) is 4.98 Å². The number of fused-ring (bicyclic) bond motifs is 1. The molecular formula is C23H23N5O5. The number of para-hydroxylation sites is 1. The van der Waals surface area contributed by atoms with Crippen LogP contribution < -0.4 is 10.5 Å². The standard InChI is InChI=1S/C23H23N5O5/c1-33-17-7-4-5-15(9-17)10-22(29)27-13-21-18(11-20(27)23(24)30)25-14-26(21)12-16-6-2-3-8-19(16)28(31)32/h2-9,14,20H,10-13H2,1H3,(H2,24,30). The summed E-state index contributed by atoms with van der Waals surface area (Å²) in [4.78, 5) is 42.1. The van der Waals surface area contributed by atoms with Crippen molar-refractivity contribution in [1.82, 2.24) is 14.5 Å². The molecule has 1 unspecified atom stereocenters. The molecule has 2 aromatic carbocycles. The number of aromatic nitrogens is 2. The quantitative estimate of drug-likeness (QED) is 0.432. The first kappa shape index (κ1) is 22.0. The first-order chi connectivity index (χ1) is 15.9. The summed E-state index contributed by atoms with van der Waals surface area (Å²) in [6.45, 7) is 0.352. The van der Waals surface area contributed by atoms with Gasteiger partial charge in [-0.1, -0.05) is 30.3 Å². The molecule has 170 valence electrons. The van der Waals surface area contributed by atoms with E-state index >= 15 is 0 Å². The van der Waals surface area contributed by atoms with Gasteiger partial charge < -0.3 is 19.9 Å². The number of nitrogens with two attached hydrogens (primary N) is 1. The molecular weight excluding hydrogens is 426 g/mol. The lowest BCUT2D eigenvalue weighted by molar-refractivity contribution is -0.385. The van der Waals surface area contributed by atoms with E-state index in [0.717, 1.165) is 11.3 Å². The van der Waals surface area contributed by atoms with E-state index in [1.807, 2.05) is 6.07 Å². The number of primary amides is 1. The van der Waals surface area contributed by atoms with Gasteiger partial charge in [0.25, 0.3) is 5.69 Å². The van der Waals surface area contributed by atoms with E-state index in [-0.39, 0.29) is 37.5 Å². The average Bonchev–Trinajstić information content (AvgIpc) is 3.20. The first-order valence-electron chi connectivity index (χ1n) is 10.3. The van der Waals surface area contributed by atoms with Gasteiger partial charge in [0.05, 0.1) is 49.3 Å². The van der Waals surface area contributed by atoms with E-state index in [0.29, 0.717) is 17.0 Å². The molecule has 3 aromatic rings. The highest BCUT2D eigenvalue weighted by molar-refractivity contribution is 5.88.